The number of hydrogen-bond acceptors (Lipinski definition) is 6. The van der Waals surface area contributed by atoms with E-state index in [1.807, 2.05) is 31.2 Å². The molecule has 1 aliphatic rings. The van der Waals surface area contributed by atoms with Crippen LogP contribution in [0.2, 0.25) is 0 Å². The minimum atomic E-state index is -0.722. The highest BCUT2D eigenvalue weighted by Gasteiger charge is 2.46. The number of nitrogens with zero attached hydrogens (tertiary/aromatic N) is 2. The lowest BCUT2D eigenvalue weighted by molar-refractivity contribution is -0.140. The number of Topliss-reactive ketones (excluding diaryl/α,β-unsaturated/α-hetero) is 1. The highest BCUT2D eigenvalue weighted by Crippen LogP contribution is 2.42. The maximum Gasteiger partial charge on any atom is 0.295 e. The average Bonchev–Trinajstić information content (AvgIpc) is 3.19. The lowest BCUT2D eigenvalue weighted by Gasteiger charge is -2.27. The van der Waals surface area contributed by atoms with E-state index >= 15 is 0 Å². The molecule has 38 heavy (non-hydrogen) atoms. The van der Waals surface area contributed by atoms with Gasteiger partial charge in [0.05, 0.1) is 24.8 Å². The van der Waals surface area contributed by atoms with Gasteiger partial charge in [-0.3, -0.25) is 9.59 Å². The maximum atomic E-state index is 13.3. The zero-order chi connectivity index (χ0) is 27.5. The van der Waals surface area contributed by atoms with Crippen molar-refractivity contribution in [1.82, 2.24) is 9.80 Å². The van der Waals surface area contributed by atoms with Gasteiger partial charge in [-0.25, -0.2) is 0 Å². The van der Waals surface area contributed by atoms with Crippen LogP contribution in [0.3, 0.4) is 0 Å². The van der Waals surface area contributed by atoms with Gasteiger partial charge in [-0.2, -0.15) is 0 Å². The lowest BCUT2D eigenvalue weighted by Crippen LogP contribution is -2.33. The number of benzene rings is 2. The normalized spacial score (nSPS) is 16.9. The van der Waals surface area contributed by atoms with Gasteiger partial charge in [0, 0.05) is 12.1 Å². The summed E-state index contributed by atoms with van der Waals surface area (Å²) in [6.07, 6.45) is 3.86. The van der Waals surface area contributed by atoms with Gasteiger partial charge in [0.2, 0.25) is 0 Å². The summed E-state index contributed by atoms with van der Waals surface area (Å²) < 4.78 is 11.9. The van der Waals surface area contributed by atoms with Crippen molar-refractivity contribution in [3.63, 3.8) is 0 Å². The molecule has 7 heteroatoms. The van der Waals surface area contributed by atoms with Crippen molar-refractivity contribution in [2.24, 2.45) is 0 Å². The summed E-state index contributed by atoms with van der Waals surface area (Å²) in [6, 6.07) is 13.7. The Morgan fingerprint density at radius 1 is 0.921 bits per heavy atom. The highest BCUT2D eigenvalue weighted by atomic mass is 16.5. The van der Waals surface area contributed by atoms with Gasteiger partial charge < -0.3 is 24.4 Å². The number of carbonyl (C=O) groups excluding carboxylic acids is 2. The van der Waals surface area contributed by atoms with Crippen LogP contribution in [0.5, 0.6) is 11.5 Å². The Kier molecular flexibility index (Phi) is 11.2. The van der Waals surface area contributed by atoms with Crippen LogP contribution < -0.4 is 9.47 Å². The monoisotopic (exact) mass is 522 g/mol. The van der Waals surface area contributed by atoms with Gasteiger partial charge in [-0.05, 0) is 57.1 Å². The first-order valence-electron chi connectivity index (χ1n) is 13.9. The SMILES string of the molecule is CCCCCOc1ccc(C2C(=C(O)c3ccccc3)C(=O)C(=O)N2CCCN(CC)CC)cc1OCC. The molecule has 0 radical (unpaired) electrons. The van der Waals surface area contributed by atoms with Crippen LogP contribution >= 0.6 is 0 Å². The van der Waals surface area contributed by atoms with E-state index in [0.717, 1.165) is 38.9 Å². The Morgan fingerprint density at radius 2 is 1.66 bits per heavy atom. The molecule has 1 unspecified atom stereocenters. The van der Waals surface area contributed by atoms with Gasteiger partial charge in [0.25, 0.3) is 11.7 Å². The quantitative estimate of drug-likeness (QED) is 0.138. The smallest absolute Gasteiger partial charge is 0.295 e. The Bertz CT molecular complexity index is 1090. The zero-order valence-corrected chi connectivity index (χ0v) is 23.2. The standard InChI is InChI=1S/C31H42N2O5/c1-5-9-13-21-38-25-18-17-24(22-26(25)37-8-4)28-27(29(34)23-15-11-10-12-16-23)30(35)31(36)33(28)20-14-19-32(6-2)7-3/h10-12,15-18,22,28,34H,5-9,13-14,19-21H2,1-4H3. The molecule has 0 aliphatic carbocycles. The molecule has 1 heterocycles. The number of likely N-dealkylation sites (tertiary alicyclic amines) is 1. The summed E-state index contributed by atoms with van der Waals surface area (Å²) in [5.74, 6) is -0.233. The number of ketones is 1. The van der Waals surface area contributed by atoms with Gasteiger partial charge in [-0.1, -0.05) is 70.0 Å². The first-order chi connectivity index (χ1) is 18.5. The van der Waals surface area contributed by atoms with Crippen molar-refractivity contribution >= 4 is 17.4 Å². The van der Waals surface area contributed by atoms with Gasteiger partial charge in [0.15, 0.2) is 11.5 Å². The van der Waals surface area contributed by atoms with E-state index in [2.05, 4.69) is 25.7 Å². The topological polar surface area (TPSA) is 79.3 Å². The predicted octanol–water partition coefficient (Wildman–Crippen LogP) is 5.81. The number of amides is 1. The fraction of sp³-hybridized carbons (Fsp3) is 0.484. The third kappa shape index (κ3) is 6.95. The molecule has 0 saturated carbocycles. The van der Waals surface area contributed by atoms with Crippen molar-refractivity contribution < 1.29 is 24.2 Å². The Hall–Kier alpha value is -3.32. The van der Waals surface area contributed by atoms with Crippen LogP contribution in [-0.4, -0.2) is 66.0 Å². The highest BCUT2D eigenvalue weighted by molar-refractivity contribution is 6.46. The van der Waals surface area contributed by atoms with Crippen molar-refractivity contribution in [2.75, 3.05) is 39.4 Å². The van der Waals surface area contributed by atoms with Crippen LogP contribution in [-0.2, 0) is 9.59 Å². The summed E-state index contributed by atoms with van der Waals surface area (Å²) >= 11 is 0. The molecule has 2 aromatic rings. The third-order valence-corrected chi connectivity index (χ3v) is 6.94. The number of unbranched alkanes of at least 4 members (excludes halogenated alkanes) is 2. The first kappa shape index (κ1) is 29.2. The lowest BCUT2D eigenvalue weighted by atomic mass is 9.95. The molecule has 0 spiro atoms. The van der Waals surface area contributed by atoms with Crippen LogP contribution in [0.15, 0.2) is 54.1 Å². The summed E-state index contributed by atoms with van der Waals surface area (Å²) in [5.41, 5.74) is 1.30. The zero-order valence-electron chi connectivity index (χ0n) is 23.2. The molecule has 0 bridgehead atoms. The Balaban J connectivity index is 2.02. The second-order valence-electron chi connectivity index (χ2n) is 9.43. The van der Waals surface area contributed by atoms with E-state index in [9.17, 15) is 14.7 Å². The number of ether oxygens (including phenoxy) is 2. The van der Waals surface area contributed by atoms with Crippen LogP contribution in [0.25, 0.3) is 5.76 Å². The molecule has 1 aliphatic heterocycles. The van der Waals surface area contributed by atoms with Gasteiger partial charge in [-0.15, -0.1) is 0 Å². The van der Waals surface area contributed by atoms with Crippen molar-refractivity contribution in [3.8, 4) is 11.5 Å². The molecular weight excluding hydrogens is 480 g/mol. The molecular formula is C31H42N2O5. The molecule has 0 aromatic heterocycles. The first-order valence-corrected chi connectivity index (χ1v) is 13.9. The van der Waals surface area contributed by atoms with E-state index in [1.54, 1.807) is 29.2 Å². The molecule has 2 aromatic carbocycles. The third-order valence-electron chi connectivity index (χ3n) is 6.94. The van der Waals surface area contributed by atoms with Crippen molar-refractivity contribution in [3.05, 3.63) is 65.2 Å². The Labute approximate surface area is 227 Å². The summed E-state index contributed by atoms with van der Waals surface area (Å²) in [6.45, 7) is 12.4. The molecule has 1 amide bonds. The molecule has 1 atom stereocenters. The summed E-state index contributed by atoms with van der Waals surface area (Å²) in [4.78, 5) is 30.5. The van der Waals surface area contributed by atoms with Gasteiger partial charge >= 0.3 is 0 Å². The number of rotatable bonds is 15. The maximum absolute atomic E-state index is 13.3. The summed E-state index contributed by atoms with van der Waals surface area (Å²) in [7, 11) is 0. The molecule has 1 fully saturated rings. The number of aliphatic hydroxyl groups excluding tert-OH is 1. The summed E-state index contributed by atoms with van der Waals surface area (Å²) in [5, 5.41) is 11.3. The van der Waals surface area contributed by atoms with Crippen LogP contribution in [0.1, 0.15) is 70.5 Å². The second-order valence-corrected chi connectivity index (χ2v) is 9.43. The number of carbonyl (C=O) groups is 2. The number of aliphatic hydroxyl groups is 1. The van der Waals surface area contributed by atoms with Crippen molar-refractivity contribution in [1.29, 1.82) is 0 Å². The van der Waals surface area contributed by atoms with Gasteiger partial charge in [0.1, 0.15) is 5.76 Å². The fourth-order valence-electron chi connectivity index (χ4n) is 4.83. The van der Waals surface area contributed by atoms with Crippen molar-refractivity contribution in [2.45, 2.75) is 59.4 Å². The minimum absolute atomic E-state index is 0.100. The largest absolute Gasteiger partial charge is 0.507 e. The Morgan fingerprint density at radius 3 is 2.32 bits per heavy atom. The average molecular weight is 523 g/mol. The van der Waals surface area contributed by atoms with E-state index in [0.29, 0.717) is 48.8 Å². The minimum Gasteiger partial charge on any atom is -0.507 e. The van der Waals surface area contributed by atoms with E-state index < -0.39 is 17.7 Å². The predicted molar refractivity (Wildman–Crippen MR) is 150 cm³/mol. The van der Waals surface area contributed by atoms with Crippen LogP contribution in [0, 0.1) is 0 Å². The van der Waals surface area contributed by atoms with E-state index in [-0.39, 0.29) is 11.3 Å². The second kappa shape index (κ2) is 14.6. The molecule has 1 saturated heterocycles. The van der Waals surface area contributed by atoms with Crippen LogP contribution in [0.4, 0.5) is 0 Å². The number of hydrogen-bond donors (Lipinski definition) is 1. The van der Waals surface area contributed by atoms with E-state index in [1.165, 1.54) is 0 Å². The fourth-order valence-corrected chi connectivity index (χ4v) is 4.83. The molecule has 1 N–H and O–H groups in total. The van der Waals surface area contributed by atoms with E-state index in [4.69, 9.17) is 9.47 Å². The molecule has 206 valence electrons. The molecule has 7 nitrogen and oxygen atoms in total. The molecule has 3 rings (SSSR count).